The normalized spacial score (nSPS) is 10.8. The second-order valence-corrected chi connectivity index (χ2v) is 5.67. The average molecular weight is 320 g/mol. The lowest BCUT2D eigenvalue weighted by Crippen LogP contribution is -2.11. The first-order valence-electron chi connectivity index (χ1n) is 6.77. The third-order valence-corrected chi connectivity index (χ3v) is 3.63. The van der Waals surface area contributed by atoms with Crippen LogP contribution in [0.5, 0.6) is 5.75 Å². The molecule has 0 aliphatic rings. The van der Waals surface area contributed by atoms with Gasteiger partial charge in [-0.3, -0.25) is 0 Å². The van der Waals surface area contributed by atoms with E-state index in [0.29, 0.717) is 0 Å². The summed E-state index contributed by atoms with van der Waals surface area (Å²) in [6, 6.07) is 10.8. The zero-order chi connectivity index (χ0) is 16.3. The summed E-state index contributed by atoms with van der Waals surface area (Å²) in [6.45, 7) is 0.733. The number of carboxylic acid groups (broad SMARTS) is 1. The largest absolute Gasteiger partial charge is 0.496 e. The topological polar surface area (TPSA) is 49.8 Å². The SMILES string of the molecule is COc1ccc(-c2ccc(Cl)c(C(=O)O)c2)cc1CN(C)C. The molecule has 22 heavy (non-hydrogen) atoms. The van der Waals surface area contributed by atoms with Crippen molar-refractivity contribution in [3.05, 3.63) is 52.5 Å². The van der Waals surface area contributed by atoms with E-state index in [1.807, 2.05) is 43.3 Å². The first kappa shape index (κ1) is 16.3. The van der Waals surface area contributed by atoms with Gasteiger partial charge in [0.05, 0.1) is 17.7 Å². The van der Waals surface area contributed by atoms with Crippen LogP contribution in [0.15, 0.2) is 36.4 Å². The van der Waals surface area contributed by atoms with E-state index in [1.165, 1.54) is 0 Å². The molecule has 116 valence electrons. The predicted molar refractivity (Wildman–Crippen MR) is 87.8 cm³/mol. The van der Waals surface area contributed by atoms with Gasteiger partial charge in [0.2, 0.25) is 0 Å². The molecule has 0 heterocycles. The lowest BCUT2D eigenvalue weighted by atomic mass is 10.00. The van der Waals surface area contributed by atoms with Gasteiger partial charge in [0, 0.05) is 12.1 Å². The van der Waals surface area contributed by atoms with Gasteiger partial charge in [-0.1, -0.05) is 23.7 Å². The number of rotatable bonds is 5. The van der Waals surface area contributed by atoms with Crippen molar-refractivity contribution in [1.82, 2.24) is 4.90 Å². The van der Waals surface area contributed by atoms with Crippen molar-refractivity contribution in [2.45, 2.75) is 6.54 Å². The Labute approximate surface area is 134 Å². The van der Waals surface area contributed by atoms with Crippen molar-refractivity contribution in [3.63, 3.8) is 0 Å². The molecule has 1 N–H and O–H groups in total. The Morgan fingerprint density at radius 3 is 2.41 bits per heavy atom. The third-order valence-electron chi connectivity index (χ3n) is 3.30. The summed E-state index contributed by atoms with van der Waals surface area (Å²) in [5.41, 5.74) is 2.88. The summed E-state index contributed by atoms with van der Waals surface area (Å²) in [6.07, 6.45) is 0. The maximum atomic E-state index is 11.2. The van der Waals surface area contributed by atoms with Crippen LogP contribution in [-0.2, 0) is 6.54 Å². The molecule has 5 heteroatoms. The van der Waals surface area contributed by atoms with Crippen molar-refractivity contribution in [1.29, 1.82) is 0 Å². The van der Waals surface area contributed by atoms with Gasteiger partial charge in [-0.25, -0.2) is 4.79 Å². The maximum absolute atomic E-state index is 11.2. The molecule has 0 aliphatic carbocycles. The third kappa shape index (κ3) is 3.59. The van der Waals surface area contributed by atoms with Gasteiger partial charge in [-0.05, 0) is 49.5 Å². The maximum Gasteiger partial charge on any atom is 0.337 e. The zero-order valence-electron chi connectivity index (χ0n) is 12.8. The minimum Gasteiger partial charge on any atom is -0.496 e. The summed E-state index contributed by atoms with van der Waals surface area (Å²) in [5.74, 6) is -0.223. The van der Waals surface area contributed by atoms with Gasteiger partial charge in [-0.15, -0.1) is 0 Å². The van der Waals surface area contributed by atoms with Gasteiger partial charge in [-0.2, -0.15) is 0 Å². The number of ether oxygens (including phenoxy) is 1. The highest BCUT2D eigenvalue weighted by molar-refractivity contribution is 6.33. The molecule has 4 nitrogen and oxygen atoms in total. The van der Waals surface area contributed by atoms with Gasteiger partial charge < -0.3 is 14.7 Å². The summed E-state index contributed by atoms with van der Waals surface area (Å²) in [7, 11) is 5.60. The fourth-order valence-corrected chi connectivity index (χ4v) is 2.49. The van der Waals surface area contributed by atoms with Crippen molar-refractivity contribution < 1.29 is 14.6 Å². The summed E-state index contributed by atoms with van der Waals surface area (Å²) in [4.78, 5) is 13.3. The van der Waals surface area contributed by atoms with Crippen molar-refractivity contribution in [2.75, 3.05) is 21.2 Å². The summed E-state index contributed by atoms with van der Waals surface area (Å²) >= 11 is 5.92. The molecule has 2 aromatic rings. The Bertz CT molecular complexity index is 698. The highest BCUT2D eigenvalue weighted by Gasteiger charge is 2.12. The van der Waals surface area contributed by atoms with E-state index in [1.54, 1.807) is 19.2 Å². The second-order valence-electron chi connectivity index (χ2n) is 5.26. The van der Waals surface area contributed by atoms with E-state index >= 15 is 0 Å². The van der Waals surface area contributed by atoms with Crippen LogP contribution in [0.4, 0.5) is 0 Å². The Morgan fingerprint density at radius 1 is 1.18 bits per heavy atom. The number of hydrogen-bond donors (Lipinski definition) is 1. The zero-order valence-corrected chi connectivity index (χ0v) is 13.5. The summed E-state index contributed by atoms with van der Waals surface area (Å²) in [5, 5.41) is 9.42. The first-order valence-corrected chi connectivity index (χ1v) is 7.15. The number of hydrogen-bond acceptors (Lipinski definition) is 3. The van der Waals surface area contributed by atoms with Crippen LogP contribution in [0.3, 0.4) is 0 Å². The van der Waals surface area contributed by atoms with Crippen LogP contribution in [0, 0.1) is 0 Å². The van der Waals surface area contributed by atoms with Crippen molar-refractivity contribution in [3.8, 4) is 16.9 Å². The van der Waals surface area contributed by atoms with Crippen LogP contribution in [-0.4, -0.2) is 37.2 Å². The van der Waals surface area contributed by atoms with E-state index in [9.17, 15) is 9.90 Å². The number of methoxy groups -OCH3 is 1. The molecular formula is C17H18ClNO3. The molecule has 0 unspecified atom stereocenters. The molecule has 0 saturated heterocycles. The van der Waals surface area contributed by atoms with E-state index in [-0.39, 0.29) is 10.6 Å². The summed E-state index contributed by atoms with van der Waals surface area (Å²) < 4.78 is 5.38. The molecule has 0 aromatic heterocycles. The Balaban J connectivity index is 2.49. The number of benzene rings is 2. The minimum absolute atomic E-state index is 0.101. The van der Waals surface area contributed by atoms with E-state index in [4.69, 9.17) is 16.3 Å². The van der Waals surface area contributed by atoms with Gasteiger partial charge in [0.15, 0.2) is 0 Å². The number of nitrogens with zero attached hydrogens (tertiary/aromatic N) is 1. The number of carboxylic acids is 1. The monoisotopic (exact) mass is 319 g/mol. The molecule has 0 aliphatic heterocycles. The molecule has 0 spiro atoms. The van der Waals surface area contributed by atoms with Crippen LogP contribution in [0.25, 0.3) is 11.1 Å². The Hall–Kier alpha value is -2.04. The Morgan fingerprint density at radius 2 is 1.82 bits per heavy atom. The lowest BCUT2D eigenvalue weighted by molar-refractivity contribution is 0.0697. The van der Waals surface area contributed by atoms with Gasteiger partial charge >= 0.3 is 5.97 Å². The standard InChI is InChI=1S/C17H18ClNO3/c1-19(2)10-13-8-11(5-7-16(13)22-3)12-4-6-15(18)14(9-12)17(20)21/h4-9H,10H2,1-3H3,(H,20,21). The fraction of sp³-hybridized carbons (Fsp3) is 0.235. The minimum atomic E-state index is -1.03. The molecule has 2 rings (SSSR count). The van der Waals surface area contributed by atoms with Crippen LogP contribution in [0.1, 0.15) is 15.9 Å². The molecule has 0 saturated carbocycles. The predicted octanol–water partition coefficient (Wildman–Crippen LogP) is 3.78. The molecule has 0 amide bonds. The molecule has 0 radical (unpaired) electrons. The van der Waals surface area contributed by atoms with Crippen molar-refractivity contribution >= 4 is 17.6 Å². The first-order chi connectivity index (χ1) is 10.4. The molecule has 0 fully saturated rings. The van der Waals surface area contributed by atoms with E-state index in [0.717, 1.165) is 29.0 Å². The smallest absolute Gasteiger partial charge is 0.337 e. The highest BCUT2D eigenvalue weighted by atomic mass is 35.5. The molecule has 0 bridgehead atoms. The van der Waals surface area contributed by atoms with E-state index < -0.39 is 5.97 Å². The van der Waals surface area contributed by atoms with Crippen LogP contribution in [0.2, 0.25) is 5.02 Å². The quantitative estimate of drug-likeness (QED) is 0.911. The van der Waals surface area contributed by atoms with Gasteiger partial charge in [0.25, 0.3) is 0 Å². The second kappa shape index (κ2) is 6.81. The molecule has 2 aromatic carbocycles. The van der Waals surface area contributed by atoms with Gasteiger partial charge in [0.1, 0.15) is 5.75 Å². The number of halogens is 1. The highest BCUT2D eigenvalue weighted by Crippen LogP contribution is 2.29. The fourth-order valence-electron chi connectivity index (χ4n) is 2.29. The molecule has 0 atom stereocenters. The lowest BCUT2D eigenvalue weighted by Gasteiger charge is -2.15. The van der Waals surface area contributed by atoms with Crippen LogP contribution < -0.4 is 4.74 Å². The number of aromatic carboxylic acids is 1. The van der Waals surface area contributed by atoms with E-state index in [2.05, 4.69) is 0 Å². The number of carbonyl (C=O) groups is 1. The molecular weight excluding hydrogens is 302 g/mol. The van der Waals surface area contributed by atoms with Crippen molar-refractivity contribution in [2.24, 2.45) is 0 Å². The average Bonchev–Trinajstić information content (AvgIpc) is 2.46. The Kier molecular flexibility index (Phi) is 5.06. The van der Waals surface area contributed by atoms with Crippen LogP contribution >= 0.6 is 11.6 Å².